The number of aryl methyl sites for hydroxylation is 2. The number of furan rings is 1. The lowest BCUT2D eigenvalue weighted by Crippen LogP contribution is -2.27. The summed E-state index contributed by atoms with van der Waals surface area (Å²) in [5.41, 5.74) is 2.83. The molecule has 0 radical (unpaired) electrons. The van der Waals surface area contributed by atoms with Crippen molar-refractivity contribution in [3.8, 4) is 5.75 Å². The average Bonchev–Trinajstić information content (AvgIpc) is 3.01. The van der Waals surface area contributed by atoms with Crippen LogP contribution in [-0.2, 0) is 17.8 Å². The van der Waals surface area contributed by atoms with E-state index in [1.54, 1.807) is 31.5 Å². The zero-order chi connectivity index (χ0) is 16.1. The average molecular weight is 302 g/mol. The third-order valence-electron chi connectivity index (χ3n) is 3.73. The molecule has 2 aromatic heterocycles. The summed E-state index contributed by atoms with van der Waals surface area (Å²) in [6.45, 7) is 4.40. The van der Waals surface area contributed by atoms with Gasteiger partial charge < -0.3 is 14.1 Å². The number of hydrogen-bond donors (Lipinski definition) is 0. The molecule has 0 fully saturated rings. The number of hydrogen-bond acceptors (Lipinski definition) is 4. The number of ether oxygens (including phenoxy) is 1. The zero-order valence-electron chi connectivity index (χ0n) is 13.5. The van der Waals surface area contributed by atoms with Crippen molar-refractivity contribution in [1.82, 2.24) is 9.88 Å². The number of aromatic nitrogens is 1. The minimum absolute atomic E-state index is 0.0668. The SMILES string of the molecule is COc1c(C)cnc(CN(C)C(=O)CCc2ccco2)c1C. The van der Waals surface area contributed by atoms with Gasteiger partial charge in [0.1, 0.15) is 11.5 Å². The Kier molecular flexibility index (Phi) is 5.20. The first-order chi connectivity index (χ1) is 10.5. The standard InChI is InChI=1S/C17H22N2O3/c1-12-10-18-15(13(2)17(12)21-4)11-19(3)16(20)8-7-14-6-5-9-22-14/h5-6,9-10H,7-8,11H2,1-4H3. The van der Waals surface area contributed by atoms with Crippen molar-refractivity contribution < 1.29 is 13.9 Å². The maximum atomic E-state index is 12.2. The van der Waals surface area contributed by atoms with E-state index in [0.717, 1.165) is 28.3 Å². The molecule has 0 spiro atoms. The van der Waals surface area contributed by atoms with Gasteiger partial charge in [0, 0.05) is 37.2 Å². The number of methoxy groups -OCH3 is 1. The molecule has 2 heterocycles. The van der Waals surface area contributed by atoms with E-state index in [1.807, 2.05) is 26.0 Å². The lowest BCUT2D eigenvalue weighted by molar-refractivity contribution is -0.130. The lowest BCUT2D eigenvalue weighted by Gasteiger charge is -2.19. The number of amides is 1. The van der Waals surface area contributed by atoms with Crippen molar-refractivity contribution in [2.45, 2.75) is 33.2 Å². The molecule has 1 amide bonds. The highest BCUT2D eigenvalue weighted by Gasteiger charge is 2.15. The van der Waals surface area contributed by atoms with Gasteiger partial charge >= 0.3 is 0 Å². The van der Waals surface area contributed by atoms with Gasteiger partial charge in [-0.1, -0.05) is 0 Å². The molecule has 2 aromatic rings. The first-order valence-electron chi connectivity index (χ1n) is 7.28. The molecule has 0 unspecified atom stereocenters. The molecule has 0 aliphatic carbocycles. The molecule has 0 saturated heterocycles. The second-order valence-electron chi connectivity index (χ2n) is 5.38. The normalized spacial score (nSPS) is 10.5. The predicted octanol–water partition coefficient (Wildman–Crippen LogP) is 2.89. The van der Waals surface area contributed by atoms with Crippen molar-refractivity contribution in [3.63, 3.8) is 0 Å². The molecule has 0 atom stereocenters. The fraction of sp³-hybridized carbons (Fsp3) is 0.412. The molecule has 5 heteroatoms. The van der Waals surface area contributed by atoms with Gasteiger partial charge in [0.25, 0.3) is 0 Å². The Balaban J connectivity index is 1.99. The molecule has 0 saturated carbocycles. The van der Waals surface area contributed by atoms with Crippen molar-refractivity contribution in [2.24, 2.45) is 0 Å². The van der Waals surface area contributed by atoms with Gasteiger partial charge in [-0.2, -0.15) is 0 Å². The Morgan fingerprint density at radius 1 is 1.41 bits per heavy atom. The number of carbonyl (C=O) groups excluding carboxylic acids is 1. The minimum Gasteiger partial charge on any atom is -0.496 e. The van der Waals surface area contributed by atoms with E-state index >= 15 is 0 Å². The monoisotopic (exact) mass is 302 g/mol. The Bertz CT molecular complexity index is 636. The molecule has 0 bridgehead atoms. The van der Waals surface area contributed by atoms with E-state index < -0.39 is 0 Å². The number of pyridine rings is 1. The van der Waals surface area contributed by atoms with E-state index in [9.17, 15) is 4.79 Å². The summed E-state index contributed by atoms with van der Waals surface area (Å²) < 4.78 is 10.6. The van der Waals surface area contributed by atoms with Crippen LogP contribution in [0.1, 0.15) is 29.0 Å². The molecule has 22 heavy (non-hydrogen) atoms. The number of carbonyl (C=O) groups is 1. The van der Waals surface area contributed by atoms with Gasteiger partial charge in [0.15, 0.2) is 0 Å². The first-order valence-corrected chi connectivity index (χ1v) is 7.28. The second-order valence-corrected chi connectivity index (χ2v) is 5.38. The van der Waals surface area contributed by atoms with Crippen molar-refractivity contribution in [1.29, 1.82) is 0 Å². The van der Waals surface area contributed by atoms with E-state index in [2.05, 4.69) is 4.98 Å². The third kappa shape index (κ3) is 3.67. The van der Waals surface area contributed by atoms with Crippen molar-refractivity contribution in [3.05, 3.63) is 47.2 Å². The first kappa shape index (κ1) is 16.1. The van der Waals surface area contributed by atoms with Gasteiger partial charge in [-0.15, -0.1) is 0 Å². The molecular formula is C17H22N2O3. The van der Waals surface area contributed by atoms with E-state index in [-0.39, 0.29) is 5.91 Å². The quantitative estimate of drug-likeness (QED) is 0.823. The third-order valence-corrected chi connectivity index (χ3v) is 3.73. The Labute approximate surface area is 130 Å². The van der Waals surface area contributed by atoms with Crippen LogP contribution in [-0.4, -0.2) is 29.9 Å². The Morgan fingerprint density at radius 3 is 2.82 bits per heavy atom. The van der Waals surface area contributed by atoms with Crippen LogP contribution in [0.25, 0.3) is 0 Å². The van der Waals surface area contributed by atoms with E-state index in [0.29, 0.717) is 19.4 Å². The molecule has 0 aliphatic heterocycles. The fourth-order valence-corrected chi connectivity index (χ4v) is 2.42. The molecule has 0 aromatic carbocycles. The number of nitrogens with zero attached hydrogens (tertiary/aromatic N) is 2. The molecular weight excluding hydrogens is 280 g/mol. The summed E-state index contributed by atoms with van der Waals surface area (Å²) in [4.78, 5) is 18.3. The Morgan fingerprint density at radius 2 is 2.18 bits per heavy atom. The molecule has 118 valence electrons. The van der Waals surface area contributed by atoms with E-state index in [4.69, 9.17) is 9.15 Å². The van der Waals surface area contributed by atoms with Gasteiger partial charge in [-0.05, 0) is 26.0 Å². The predicted molar refractivity (Wildman–Crippen MR) is 83.8 cm³/mol. The summed E-state index contributed by atoms with van der Waals surface area (Å²) >= 11 is 0. The molecule has 0 N–H and O–H groups in total. The van der Waals surface area contributed by atoms with Gasteiger partial charge in [0.2, 0.25) is 5.91 Å². The highest BCUT2D eigenvalue weighted by atomic mass is 16.5. The summed E-state index contributed by atoms with van der Waals surface area (Å²) in [7, 11) is 3.44. The lowest BCUT2D eigenvalue weighted by atomic mass is 10.1. The maximum Gasteiger partial charge on any atom is 0.223 e. The van der Waals surface area contributed by atoms with E-state index in [1.165, 1.54) is 0 Å². The van der Waals surface area contributed by atoms with Crippen LogP contribution < -0.4 is 4.74 Å². The highest BCUT2D eigenvalue weighted by Crippen LogP contribution is 2.24. The van der Waals surface area contributed by atoms with Gasteiger partial charge in [-0.3, -0.25) is 9.78 Å². The van der Waals surface area contributed by atoms with Crippen LogP contribution in [0.4, 0.5) is 0 Å². The molecule has 2 rings (SSSR count). The second kappa shape index (κ2) is 7.11. The largest absolute Gasteiger partial charge is 0.496 e. The van der Waals surface area contributed by atoms with Crippen LogP contribution in [0.5, 0.6) is 5.75 Å². The minimum atomic E-state index is 0.0668. The van der Waals surface area contributed by atoms with Crippen LogP contribution in [0.15, 0.2) is 29.0 Å². The van der Waals surface area contributed by atoms with Crippen LogP contribution in [0, 0.1) is 13.8 Å². The van der Waals surface area contributed by atoms with Crippen LogP contribution in [0.3, 0.4) is 0 Å². The zero-order valence-corrected chi connectivity index (χ0v) is 13.5. The van der Waals surface area contributed by atoms with Gasteiger partial charge in [0.05, 0.1) is 25.6 Å². The highest BCUT2D eigenvalue weighted by molar-refractivity contribution is 5.76. The molecule has 5 nitrogen and oxygen atoms in total. The Hall–Kier alpha value is -2.30. The fourth-order valence-electron chi connectivity index (χ4n) is 2.42. The summed E-state index contributed by atoms with van der Waals surface area (Å²) in [5.74, 6) is 1.73. The maximum absolute atomic E-state index is 12.2. The van der Waals surface area contributed by atoms with Crippen LogP contribution in [0.2, 0.25) is 0 Å². The topological polar surface area (TPSA) is 55.6 Å². The number of rotatable bonds is 6. The van der Waals surface area contributed by atoms with Gasteiger partial charge in [-0.25, -0.2) is 0 Å². The van der Waals surface area contributed by atoms with Crippen LogP contribution >= 0.6 is 0 Å². The summed E-state index contributed by atoms with van der Waals surface area (Å²) in [6.07, 6.45) is 4.43. The van der Waals surface area contributed by atoms with Crippen molar-refractivity contribution in [2.75, 3.05) is 14.2 Å². The van der Waals surface area contributed by atoms with Crippen molar-refractivity contribution >= 4 is 5.91 Å². The summed E-state index contributed by atoms with van der Waals surface area (Å²) in [6, 6.07) is 3.71. The summed E-state index contributed by atoms with van der Waals surface area (Å²) in [5, 5.41) is 0. The molecule has 0 aliphatic rings. The smallest absolute Gasteiger partial charge is 0.223 e.